The molecule has 0 atom stereocenters. The maximum Gasteiger partial charge on any atom is 0.223 e. The Morgan fingerprint density at radius 1 is 1.14 bits per heavy atom. The molecule has 1 spiro atoms. The molecule has 0 aliphatic carbocycles. The van der Waals surface area contributed by atoms with E-state index < -0.39 is 0 Å². The predicted molar refractivity (Wildman–Crippen MR) is 85.1 cm³/mol. The van der Waals surface area contributed by atoms with E-state index in [-0.39, 0.29) is 5.41 Å². The number of rotatable bonds is 5. The first-order valence-corrected chi connectivity index (χ1v) is 8.14. The van der Waals surface area contributed by atoms with Crippen LogP contribution in [0.15, 0.2) is 30.3 Å². The molecular formula is C18H26N2O. The summed E-state index contributed by atoms with van der Waals surface area (Å²) in [6.45, 7) is 8.58. The van der Waals surface area contributed by atoms with Crippen molar-refractivity contribution >= 4 is 5.91 Å². The third kappa shape index (κ3) is 3.13. The molecule has 0 unspecified atom stereocenters. The van der Waals surface area contributed by atoms with Gasteiger partial charge in [-0.1, -0.05) is 30.3 Å². The Bertz CT molecular complexity index is 491. The molecule has 0 bridgehead atoms. The summed E-state index contributed by atoms with van der Waals surface area (Å²) in [4.78, 5) is 16.6. The number of hydrogen-bond acceptors (Lipinski definition) is 2. The van der Waals surface area contributed by atoms with E-state index in [4.69, 9.17) is 0 Å². The Kier molecular flexibility index (Phi) is 4.03. The average molecular weight is 286 g/mol. The minimum Gasteiger partial charge on any atom is -0.340 e. The summed E-state index contributed by atoms with van der Waals surface area (Å²) in [5.74, 6) is 0.355. The third-order valence-electron chi connectivity index (χ3n) is 4.88. The van der Waals surface area contributed by atoms with Crippen LogP contribution < -0.4 is 0 Å². The van der Waals surface area contributed by atoms with E-state index in [0.29, 0.717) is 11.9 Å². The van der Waals surface area contributed by atoms with Gasteiger partial charge in [-0.2, -0.15) is 0 Å². The Morgan fingerprint density at radius 2 is 1.86 bits per heavy atom. The third-order valence-corrected chi connectivity index (χ3v) is 4.88. The molecule has 2 fully saturated rings. The van der Waals surface area contributed by atoms with Crippen molar-refractivity contribution in [2.45, 2.75) is 39.2 Å². The molecule has 3 rings (SSSR count). The van der Waals surface area contributed by atoms with Crippen LogP contribution in [0.25, 0.3) is 0 Å². The highest BCUT2D eigenvalue weighted by Crippen LogP contribution is 2.40. The van der Waals surface area contributed by atoms with Gasteiger partial charge in [0.05, 0.1) is 0 Å². The van der Waals surface area contributed by atoms with Gasteiger partial charge in [0.15, 0.2) is 0 Å². The molecule has 3 heteroatoms. The summed E-state index contributed by atoms with van der Waals surface area (Å²) in [5, 5.41) is 0. The molecule has 1 amide bonds. The van der Waals surface area contributed by atoms with E-state index in [1.807, 2.05) is 0 Å². The molecule has 114 valence electrons. The van der Waals surface area contributed by atoms with Crippen molar-refractivity contribution in [3.8, 4) is 0 Å². The van der Waals surface area contributed by atoms with Gasteiger partial charge in [-0.05, 0) is 38.8 Å². The van der Waals surface area contributed by atoms with E-state index >= 15 is 0 Å². The van der Waals surface area contributed by atoms with Crippen LogP contribution in [-0.4, -0.2) is 47.9 Å². The van der Waals surface area contributed by atoms with E-state index in [1.54, 1.807) is 0 Å². The van der Waals surface area contributed by atoms with Gasteiger partial charge < -0.3 is 9.80 Å². The summed E-state index contributed by atoms with van der Waals surface area (Å²) in [5.41, 5.74) is 1.70. The predicted octanol–water partition coefficient (Wildman–Crippen LogP) is 2.56. The molecule has 0 radical (unpaired) electrons. The fourth-order valence-electron chi connectivity index (χ4n) is 3.82. The Labute approximate surface area is 127 Å². The number of aryl methyl sites for hydroxylation is 1. The maximum absolute atomic E-state index is 12.0. The number of carbonyl (C=O) groups is 1. The summed E-state index contributed by atoms with van der Waals surface area (Å²) in [6.07, 6.45) is 3.13. The van der Waals surface area contributed by atoms with Gasteiger partial charge in [0.25, 0.3) is 0 Å². The van der Waals surface area contributed by atoms with Crippen LogP contribution in [0.5, 0.6) is 0 Å². The molecule has 2 heterocycles. The van der Waals surface area contributed by atoms with Gasteiger partial charge in [0, 0.05) is 37.5 Å². The summed E-state index contributed by atoms with van der Waals surface area (Å²) >= 11 is 0. The highest BCUT2D eigenvalue weighted by molar-refractivity contribution is 5.80. The largest absolute Gasteiger partial charge is 0.340 e. The summed E-state index contributed by atoms with van der Waals surface area (Å²) < 4.78 is 0. The van der Waals surface area contributed by atoms with Gasteiger partial charge in [0.1, 0.15) is 0 Å². The van der Waals surface area contributed by atoms with Crippen LogP contribution in [0.1, 0.15) is 32.3 Å². The molecule has 0 N–H and O–H groups in total. The van der Waals surface area contributed by atoms with Crippen molar-refractivity contribution in [2.24, 2.45) is 5.41 Å². The van der Waals surface area contributed by atoms with Crippen molar-refractivity contribution in [3.63, 3.8) is 0 Å². The Balaban J connectivity index is 1.41. The van der Waals surface area contributed by atoms with Crippen molar-refractivity contribution in [1.29, 1.82) is 0 Å². The lowest BCUT2D eigenvalue weighted by molar-refractivity contribution is -0.129. The number of carbonyl (C=O) groups excluding carboxylic acids is 1. The molecule has 2 aliphatic rings. The first-order valence-electron chi connectivity index (χ1n) is 8.14. The molecule has 0 saturated carbocycles. The fraction of sp³-hybridized carbons (Fsp3) is 0.611. The van der Waals surface area contributed by atoms with Gasteiger partial charge in [-0.25, -0.2) is 0 Å². The summed E-state index contributed by atoms with van der Waals surface area (Å²) in [7, 11) is 0. The Hall–Kier alpha value is -1.35. The average Bonchev–Trinajstić information content (AvgIpc) is 2.77. The monoisotopic (exact) mass is 286 g/mol. The second-order valence-corrected chi connectivity index (χ2v) is 7.09. The first kappa shape index (κ1) is 14.6. The number of benzene rings is 1. The molecule has 1 aromatic carbocycles. The quantitative estimate of drug-likeness (QED) is 0.830. The van der Waals surface area contributed by atoms with Gasteiger partial charge >= 0.3 is 0 Å². The van der Waals surface area contributed by atoms with Crippen molar-refractivity contribution < 1.29 is 4.79 Å². The van der Waals surface area contributed by atoms with Crippen molar-refractivity contribution in [3.05, 3.63) is 35.9 Å². The maximum atomic E-state index is 12.0. The Morgan fingerprint density at radius 3 is 2.48 bits per heavy atom. The number of amides is 1. The van der Waals surface area contributed by atoms with Crippen molar-refractivity contribution in [1.82, 2.24) is 9.80 Å². The topological polar surface area (TPSA) is 23.6 Å². The second kappa shape index (κ2) is 5.80. The fourth-order valence-corrected chi connectivity index (χ4v) is 3.82. The molecule has 0 aromatic heterocycles. The minimum absolute atomic E-state index is 0.272. The highest BCUT2D eigenvalue weighted by atomic mass is 16.2. The van der Waals surface area contributed by atoms with E-state index in [9.17, 15) is 4.79 Å². The molecule has 21 heavy (non-hydrogen) atoms. The van der Waals surface area contributed by atoms with Gasteiger partial charge in [-0.3, -0.25) is 4.79 Å². The standard InChI is InChI=1S/C18H26N2O/c1-15(2)20-14-18(11-17(20)21)12-19(13-18)10-6-9-16-7-4-3-5-8-16/h3-5,7-8,15H,6,9-14H2,1-2H3. The number of nitrogens with zero attached hydrogens (tertiary/aromatic N) is 2. The van der Waals surface area contributed by atoms with Crippen LogP contribution in [-0.2, 0) is 11.2 Å². The lowest BCUT2D eigenvalue weighted by atomic mass is 9.79. The van der Waals surface area contributed by atoms with E-state index in [1.165, 1.54) is 12.0 Å². The van der Waals surface area contributed by atoms with E-state index in [2.05, 4.69) is 54.0 Å². The molecule has 2 aliphatic heterocycles. The second-order valence-electron chi connectivity index (χ2n) is 7.09. The molecule has 3 nitrogen and oxygen atoms in total. The highest BCUT2D eigenvalue weighted by Gasteiger charge is 2.51. The molecular weight excluding hydrogens is 260 g/mol. The molecule has 1 aromatic rings. The molecule has 2 saturated heterocycles. The van der Waals surface area contributed by atoms with Gasteiger partial charge in [0.2, 0.25) is 5.91 Å². The zero-order valence-electron chi connectivity index (χ0n) is 13.2. The van der Waals surface area contributed by atoms with Crippen LogP contribution in [0.2, 0.25) is 0 Å². The SMILES string of the molecule is CC(C)N1CC2(CC1=O)CN(CCCc1ccccc1)C2. The number of hydrogen-bond donors (Lipinski definition) is 0. The van der Waals surface area contributed by atoms with Crippen molar-refractivity contribution in [2.75, 3.05) is 26.2 Å². The lowest BCUT2D eigenvalue weighted by Gasteiger charge is -2.48. The zero-order valence-corrected chi connectivity index (χ0v) is 13.2. The van der Waals surface area contributed by atoms with Crippen LogP contribution in [0, 0.1) is 5.41 Å². The number of likely N-dealkylation sites (tertiary alicyclic amines) is 2. The van der Waals surface area contributed by atoms with Crippen LogP contribution in [0.4, 0.5) is 0 Å². The van der Waals surface area contributed by atoms with Gasteiger partial charge in [-0.15, -0.1) is 0 Å². The lowest BCUT2D eigenvalue weighted by Crippen LogP contribution is -2.57. The van der Waals surface area contributed by atoms with Crippen LogP contribution in [0.3, 0.4) is 0 Å². The summed E-state index contributed by atoms with van der Waals surface area (Å²) in [6, 6.07) is 11.0. The normalized spacial score (nSPS) is 21.3. The minimum atomic E-state index is 0.272. The smallest absolute Gasteiger partial charge is 0.223 e. The van der Waals surface area contributed by atoms with E-state index in [0.717, 1.165) is 39.0 Å². The first-order chi connectivity index (χ1) is 10.1. The van der Waals surface area contributed by atoms with Crippen LogP contribution >= 0.6 is 0 Å². The zero-order chi connectivity index (χ0) is 14.9.